The predicted octanol–water partition coefficient (Wildman–Crippen LogP) is 1.65. The lowest BCUT2D eigenvalue weighted by Gasteiger charge is -2.19. The van der Waals surface area contributed by atoms with Crippen LogP contribution in [0.2, 0.25) is 0 Å². The zero-order valence-corrected chi connectivity index (χ0v) is 14.3. The van der Waals surface area contributed by atoms with E-state index in [0.29, 0.717) is 6.42 Å². The molecular weight excluding hydrogens is 314 g/mol. The van der Waals surface area contributed by atoms with Crippen molar-refractivity contribution in [2.75, 3.05) is 13.1 Å². The summed E-state index contributed by atoms with van der Waals surface area (Å²) >= 11 is 0. The number of phenolic OH excluding ortho intramolecular Hbond substituents is 1. The number of likely N-dealkylation sites (tertiary alicyclic amines) is 1. The molecule has 0 spiro atoms. The van der Waals surface area contributed by atoms with Gasteiger partial charge < -0.3 is 16.2 Å². The molecule has 2 aromatic rings. The summed E-state index contributed by atoms with van der Waals surface area (Å²) in [5.74, 6) is 0.103. The van der Waals surface area contributed by atoms with Gasteiger partial charge in [0.1, 0.15) is 5.75 Å². The quantitative estimate of drug-likeness (QED) is 0.748. The summed E-state index contributed by atoms with van der Waals surface area (Å²) in [5.41, 5.74) is 8.27. The molecule has 1 unspecified atom stereocenters. The normalized spacial score (nSPS) is 18.8. The Bertz CT molecular complexity index is 688. The molecule has 1 saturated heterocycles. The van der Waals surface area contributed by atoms with E-state index < -0.39 is 6.04 Å². The second kappa shape index (κ2) is 8.14. The second-order valence-corrected chi connectivity index (χ2v) is 6.69. The van der Waals surface area contributed by atoms with Gasteiger partial charge in [0.25, 0.3) is 0 Å². The van der Waals surface area contributed by atoms with Gasteiger partial charge in [0.2, 0.25) is 5.91 Å². The molecule has 132 valence electrons. The lowest BCUT2D eigenvalue weighted by molar-refractivity contribution is -0.123. The SMILES string of the molecule is N[C@@H](Cc1ccc(O)cc1)C(=O)NC1CCN(Cc2ccccc2)C1. The smallest absolute Gasteiger partial charge is 0.237 e. The molecule has 0 aliphatic carbocycles. The summed E-state index contributed by atoms with van der Waals surface area (Å²) in [6, 6.07) is 16.7. The summed E-state index contributed by atoms with van der Waals surface area (Å²) in [5, 5.41) is 12.4. The Morgan fingerprint density at radius 3 is 2.60 bits per heavy atom. The Morgan fingerprint density at radius 2 is 1.88 bits per heavy atom. The first-order valence-corrected chi connectivity index (χ1v) is 8.70. The number of carbonyl (C=O) groups is 1. The molecule has 1 aliphatic rings. The minimum Gasteiger partial charge on any atom is -0.508 e. The van der Waals surface area contributed by atoms with E-state index in [0.717, 1.165) is 31.6 Å². The van der Waals surface area contributed by atoms with Gasteiger partial charge in [-0.25, -0.2) is 0 Å². The summed E-state index contributed by atoms with van der Waals surface area (Å²) in [6.07, 6.45) is 1.41. The molecule has 1 heterocycles. The van der Waals surface area contributed by atoms with Gasteiger partial charge in [-0.05, 0) is 36.1 Å². The van der Waals surface area contributed by atoms with E-state index in [1.165, 1.54) is 5.56 Å². The Hall–Kier alpha value is -2.37. The predicted molar refractivity (Wildman–Crippen MR) is 98.1 cm³/mol. The molecule has 2 atom stereocenters. The molecule has 5 heteroatoms. The van der Waals surface area contributed by atoms with Crippen molar-refractivity contribution in [1.82, 2.24) is 10.2 Å². The van der Waals surface area contributed by atoms with E-state index in [4.69, 9.17) is 5.73 Å². The molecule has 1 fully saturated rings. The average Bonchev–Trinajstić information content (AvgIpc) is 3.04. The maximum Gasteiger partial charge on any atom is 0.237 e. The highest BCUT2D eigenvalue weighted by molar-refractivity contribution is 5.82. The highest BCUT2D eigenvalue weighted by Crippen LogP contribution is 2.14. The van der Waals surface area contributed by atoms with Gasteiger partial charge in [-0.2, -0.15) is 0 Å². The molecule has 0 radical (unpaired) electrons. The van der Waals surface area contributed by atoms with Gasteiger partial charge in [0.15, 0.2) is 0 Å². The first-order chi connectivity index (χ1) is 12.1. The monoisotopic (exact) mass is 339 g/mol. The minimum absolute atomic E-state index is 0.111. The number of nitrogens with two attached hydrogens (primary N) is 1. The summed E-state index contributed by atoms with van der Waals surface area (Å²) in [7, 11) is 0. The number of benzene rings is 2. The third kappa shape index (κ3) is 5.05. The van der Waals surface area contributed by atoms with Crippen LogP contribution in [0.1, 0.15) is 17.5 Å². The van der Waals surface area contributed by atoms with Crippen LogP contribution in [0.25, 0.3) is 0 Å². The van der Waals surface area contributed by atoms with Crippen molar-refractivity contribution >= 4 is 5.91 Å². The van der Waals surface area contributed by atoms with Crippen molar-refractivity contribution in [2.45, 2.75) is 31.5 Å². The summed E-state index contributed by atoms with van der Waals surface area (Å²) in [6.45, 7) is 2.74. The maximum atomic E-state index is 12.3. The van der Waals surface area contributed by atoms with Gasteiger partial charge >= 0.3 is 0 Å². The number of phenols is 1. The van der Waals surface area contributed by atoms with Crippen molar-refractivity contribution in [3.05, 3.63) is 65.7 Å². The van der Waals surface area contributed by atoms with Crippen LogP contribution in [-0.4, -0.2) is 41.1 Å². The van der Waals surface area contributed by atoms with E-state index in [9.17, 15) is 9.90 Å². The van der Waals surface area contributed by atoms with Crippen LogP contribution in [0.4, 0.5) is 0 Å². The number of carbonyl (C=O) groups excluding carboxylic acids is 1. The highest BCUT2D eigenvalue weighted by atomic mass is 16.3. The van der Waals surface area contributed by atoms with Crippen LogP contribution in [-0.2, 0) is 17.8 Å². The van der Waals surface area contributed by atoms with Crippen molar-refractivity contribution in [3.63, 3.8) is 0 Å². The Morgan fingerprint density at radius 1 is 1.16 bits per heavy atom. The number of nitrogens with zero attached hydrogens (tertiary/aromatic N) is 1. The van der Waals surface area contributed by atoms with Crippen LogP contribution in [0.5, 0.6) is 5.75 Å². The fourth-order valence-electron chi connectivity index (χ4n) is 3.22. The van der Waals surface area contributed by atoms with Gasteiger partial charge in [0, 0.05) is 25.7 Å². The Balaban J connectivity index is 1.45. The molecule has 3 rings (SSSR count). The number of rotatable bonds is 6. The first kappa shape index (κ1) is 17.5. The molecule has 1 aliphatic heterocycles. The highest BCUT2D eigenvalue weighted by Gasteiger charge is 2.25. The van der Waals surface area contributed by atoms with Crippen LogP contribution in [0, 0.1) is 0 Å². The lowest BCUT2D eigenvalue weighted by atomic mass is 10.1. The van der Waals surface area contributed by atoms with Crippen molar-refractivity contribution in [1.29, 1.82) is 0 Å². The largest absolute Gasteiger partial charge is 0.508 e. The number of hydrogen-bond acceptors (Lipinski definition) is 4. The Kier molecular flexibility index (Phi) is 5.68. The van der Waals surface area contributed by atoms with Crippen LogP contribution in [0.3, 0.4) is 0 Å². The van der Waals surface area contributed by atoms with Crippen molar-refractivity contribution in [3.8, 4) is 5.75 Å². The average molecular weight is 339 g/mol. The molecule has 0 saturated carbocycles. The fraction of sp³-hybridized carbons (Fsp3) is 0.350. The van der Waals surface area contributed by atoms with Crippen LogP contribution < -0.4 is 11.1 Å². The number of nitrogens with one attached hydrogen (secondary N) is 1. The first-order valence-electron chi connectivity index (χ1n) is 8.70. The zero-order valence-electron chi connectivity index (χ0n) is 14.3. The van der Waals surface area contributed by atoms with Crippen molar-refractivity contribution in [2.24, 2.45) is 5.73 Å². The van der Waals surface area contributed by atoms with E-state index in [1.54, 1.807) is 24.3 Å². The molecular formula is C20H25N3O2. The van der Waals surface area contributed by atoms with E-state index >= 15 is 0 Å². The van der Waals surface area contributed by atoms with Gasteiger partial charge in [-0.1, -0.05) is 42.5 Å². The summed E-state index contributed by atoms with van der Waals surface area (Å²) < 4.78 is 0. The second-order valence-electron chi connectivity index (χ2n) is 6.69. The van der Waals surface area contributed by atoms with Crippen molar-refractivity contribution < 1.29 is 9.90 Å². The maximum absolute atomic E-state index is 12.3. The van der Waals surface area contributed by atoms with Crippen LogP contribution >= 0.6 is 0 Å². The minimum atomic E-state index is -0.576. The topological polar surface area (TPSA) is 78.6 Å². The molecule has 0 bridgehead atoms. The molecule has 1 amide bonds. The molecule has 5 nitrogen and oxygen atoms in total. The molecule has 4 N–H and O–H groups in total. The number of aromatic hydroxyl groups is 1. The summed E-state index contributed by atoms with van der Waals surface area (Å²) in [4.78, 5) is 14.7. The van der Waals surface area contributed by atoms with E-state index in [2.05, 4.69) is 22.3 Å². The standard InChI is InChI=1S/C20H25N3O2/c21-19(12-15-6-8-18(24)9-7-15)20(25)22-17-10-11-23(14-17)13-16-4-2-1-3-5-16/h1-9,17,19,24H,10-14,21H2,(H,22,25)/t17?,19-/m0/s1. The Labute approximate surface area is 148 Å². The third-order valence-electron chi connectivity index (χ3n) is 4.60. The third-order valence-corrected chi connectivity index (χ3v) is 4.60. The molecule has 2 aromatic carbocycles. The number of hydrogen-bond donors (Lipinski definition) is 3. The van der Waals surface area contributed by atoms with Gasteiger partial charge in [0.05, 0.1) is 6.04 Å². The molecule has 25 heavy (non-hydrogen) atoms. The van der Waals surface area contributed by atoms with E-state index in [-0.39, 0.29) is 17.7 Å². The lowest BCUT2D eigenvalue weighted by Crippen LogP contribution is -2.47. The van der Waals surface area contributed by atoms with Gasteiger partial charge in [-0.15, -0.1) is 0 Å². The number of amides is 1. The fourth-order valence-corrected chi connectivity index (χ4v) is 3.22. The van der Waals surface area contributed by atoms with Gasteiger partial charge in [-0.3, -0.25) is 9.69 Å². The van der Waals surface area contributed by atoms with Crippen LogP contribution in [0.15, 0.2) is 54.6 Å². The molecule has 0 aromatic heterocycles. The van der Waals surface area contributed by atoms with E-state index in [1.807, 2.05) is 18.2 Å². The zero-order chi connectivity index (χ0) is 17.6.